The van der Waals surface area contributed by atoms with Crippen LogP contribution in [0.1, 0.15) is 25.3 Å². The van der Waals surface area contributed by atoms with Crippen LogP contribution >= 0.6 is 0 Å². The molecule has 2 aromatic rings. The highest BCUT2D eigenvalue weighted by molar-refractivity contribution is 5.79. The second-order valence-corrected chi connectivity index (χ2v) is 6.28. The molecule has 0 bridgehead atoms. The van der Waals surface area contributed by atoms with Crippen molar-refractivity contribution in [3.05, 3.63) is 23.5 Å². The Labute approximate surface area is 124 Å². The van der Waals surface area contributed by atoms with Gasteiger partial charge in [0.25, 0.3) is 0 Å². The zero-order valence-corrected chi connectivity index (χ0v) is 12.8. The van der Waals surface area contributed by atoms with Gasteiger partial charge in [-0.2, -0.15) is 0 Å². The number of anilines is 1. The molecule has 0 spiro atoms. The van der Waals surface area contributed by atoms with Crippen LogP contribution in [0.5, 0.6) is 0 Å². The molecule has 3 rings (SSSR count). The van der Waals surface area contributed by atoms with Crippen LogP contribution in [-0.2, 0) is 6.54 Å². The fraction of sp³-hybridized carbons (Fsp3) is 0.562. The zero-order valence-electron chi connectivity index (χ0n) is 12.8. The number of hydrogen-bond acceptors (Lipinski definition) is 3. The van der Waals surface area contributed by atoms with E-state index < -0.39 is 0 Å². The molecule has 0 saturated carbocycles. The van der Waals surface area contributed by atoms with Gasteiger partial charge in [0.2, 0.25) is 5.95 Å². The zero-order chi connectivity index (χ0) is 15.0. The van der Waals surface area contributed by atoms with Gasteiger partial charge in [-0.15, -0.1) is 0 Å². The van der Waals surface area contributed by atoms with Crippen LogP contribution in [-0.4, -0.2) is 34.1 Å². The Hall–Kier alpha value is -1.62. The van der Waals surface area contributed by atoms with Crippen LogP contribution in [0.3, 0.4) is 0 Å². The Morgan fingerprint density at radius 1 is 1.29 bits per heavy atom. The first-order valence-corrected chi connectivity index (χ1v) is 7.69. The number of benzene rings is 1. The number of nitrogens with zero attached hydrogens (tertiary/aromatic N) is 3. The Morgan fingerprint density at radius 2 is 2.00 bits per heavy atom. The summed E-state index contributed by atoms with van der Waals surface area (Å²) in [7, 11) is 0. The van der Waals surface area contributed by atoms with Gasteiger partial charge >= 0.3 is 0 Å². The molecule has 2 heterocycles. The van der Waals surface area contributed by atoms with Gasteiger partial charge < -0.3 is 15.2 Å². The molecule has 1 aliphatic heterocycles. The summed E-state index contributed by atoms with van der Waals surface area (Å²) in [5.74, 6) is 0.744. The van der Waals surface area contributed by atoms with Gasteiger partial charge in [0.15, 0.2) is 0 Å². The molecule has 1 aliphatic rings. The van der Waals surface area contributed by atoms with Crippen LogP contribution in [0.15, 0.2) is 12.1 Å². The minimum atomic E-state index is -0.225. The highest BCUT2D eigenvalue weighted by atomic mass is 19.1. The molecular formula is C16H23FN4. The molecular weight excluding hydrogens is 267 g/mol. The second-order valence-electron chi connectivity index (χ2n) is 6.28. The largest absolute Gasteiger partial charge is 0.369 e. The molecule has 1 unspecified atom stereocenters. The molecule has 0 radical (unpaired) electrons. The van der Waals surface area contributed by atoms with Crippen LogP contribution in [0, 0.1) is 18.7 Å². The van der Waals surface area contributed by atoms with E-state index in [1.165, 1.54) is 32.0 Å². The smallest absolute Gasteiger partial charge is 0.201 e. The molecule has 0 aliphatic carbocycles. The Bertz CT molecular complexity index is 643. The average molecular weight is 290 g/mol. The molecule has 1 aromatic carbocycles. The second kappa shape index (κ2) is 5.64. The van der Waals surface area contributed by atoms with Gasteiger partial charge in [-0.1, -0.05) is 6.92 Å². The normalized spacial score (nSPS) is 17.7. The number of fused-ring (bicyclic) bond motifs is 1. The first kappa shape index (κ1) is 14.3. The first-order chi connectivity index (χ1) is 10.0. The van der Waals surface area contributed by atoms with Crippen molar-refractivity contribution >= 4 is 17.0 Å². The summed E-state index contributed by atoms with van der Waals surface area (Å²) in [6.07, 6.45) is 2.61. The molecule has 4 nitrogen and oxygen atoms in total. The summed E-state index contributed by atoms with van der Waals surface area (Å²) in [4.78, 5) is 6.79. The summed E-state index contributed by atoms with van der Waals surface area (Å²) >= 11 is 0. The monoisotopic (exact) mass is 290 g/mol. The number of likely N-dealkylation sites (tertiary alicyclic amines) is 1. The van der Waals surface area contributed by atoms with Gasteiger partial charge in [-0.25, -0.2) is 9.37 Å². The van der Waals surface area contributed by atoms with Crippen molar-refractivity contribution in [2.45, 2.75) is 33.2 Å². The molecule has 1 fully saturated rings. The van der Waals surface area contributed by atoms with Gasteiger partial charge in [0, 0.05) is 19.2 Å². The molecule has 21 heavy (non-hydrogen) atoms. The maximum absolute atomic E-state index is 13.6. The third-order valence-corrected chi connectivity index (χ3v) is 4.32. The summed E-state index contributed by atoms with van der Waals surface area (Å²) in [6.45, 7) is 8.32. The number of imidazole rings is 1. The van der Waals surface area contributed by atoms with E-state index in [2.05, 4.69) is 16.8 Å². The molecule has 114 valence electrons. The number of nitrogen functional groups attached to an aromatic ring is 1. The van der Waals surface area contributed by atoms with Crippen molar-refractivity contribution in [2.75, 3.05) is 25.4 Å². The van der Waals surface area contributed by atoms with E-state index in [0.29, 0.717) is 22.9 Å². The minimum absolute atomic E-state index is 0.225. The lowest BCUT2D eigenvalue weighted by Gasteiger charge is -2.21. The fourth-order valence-electron chi connectivity index (χ4n) is 3.24. The SMILES string of the molecule is Cc1cc2c(cc1F)nc(N)n2CC(C)CN1CCCC1. The molecule has 0 amide bonds. The van der Waals surface area contributed by atoms with Crippen LogP contribution in [0.4, 0.5) is 10.3 Å². The minimum Gasteiger partial charge on any atom is -0.369 e. The van der Waals surface area contributed by atoms with Gasteiger partial charge in [-0.3, -0.25) is 0 Å². The van der Waals surface area contributed by atoms with Crippen molar-refractivity contribution in [2.24, 2.45) is 5.92 Å². The standard InChI is InChI=1S/C16H23FN4/c1-11(9-20-5-3-4-6-20)10-21-15-7-12(2)13(17)8-14(15)19-16(21)18/h7-8,11H,3-6,9-10H2,1-2H3,(H2,18,19). The quantitative estimate of drug-likeness (QED) is 0.942. The van der Waals surface area contributed by atoms with Crippen molar-refractivity contribution in [3.8, 4) is 0 Å². The number of aromatic nitrogens is 2. The van der Waals surface area contributed by atoms with E-state index in [9.17, 15) is 4.39 Å². The predicted molar refractivity (Wildman–Crippen MR) is 83.7 cm³/mol. The number of rotatable bonds is 4. The number of hydrogen-bond donors (Lipinski definition) is 1. The Morgan fingerprint density at radius 3 is 2.71 bits per heavy atom. The molecule has 5 heteroatoms. The van der Waals surface area contributed by atoms with Crippen molar-refractivity contribution in [3.63, 3.8) is 0 Å². The van der Waals surface area contributed by atoms with Gasteiger partial charge in [0.1, 0.15) is 5.82 Å². The average Bonchev–Trinajstić information content (AvgIpc) is 3.01. The summed E-state index contributed by atoms with van der Waals surface area (Å²) in [5.41, 5.74) is 8.23. The molecule has 1 atom stereocenters. The molecule has 2 N–H and O–H groups in total. The van der Waals surface area contributed by atoms with E-state index in [0.717, 1.165) is 18.6 Å². The van der Waals surface area contributed by atoms with Crippen molar-refractivity contribution < 1.29 is 4.39 Å². The van der Waals surface area contributed by atoms with E-state index in [-0.39, 0.29) is 5.82 Å². The first-order valence-electron chi connectivity index (χ1n) is 7.69. The number of halogens is 1. The highest BCUT2D eigenvalue weighted by Gasteiger charge is 2.17. The lowest BCUT2D eigenvalue weighted by Crippen LogP contribution is -2.27. The summed E-state index contributed by atoms with van der Waals surface area (Å²) in [6, 6.07) is 3.32. The highest BCUT2D eigenvalue weighted by Crippen LogP contribution is 2.23. The topological polar surface area (TPSA) is 47.1 Å². The van der Waals surface area contributed by atoms with E-state index >= 15 is 0 Å². The van der Waals surface area contributed by atoms with Gasteiger partial charge in [0.05, 0.1) is 11.0 Å². The fourth-order valence-corrected chi connectivity index (χ4v) is 3.24. The Balaban J connectivity index is 1.82. The molecule has 1 aromatic heterocycles. The maximum Gasteiger partial charge on any atom is 0.201 e. The van der Waals surface area contributed by atoms with E-state index in [4.69, 9.17) is 5.73 Å². The molecule has 1 saturated heterocycles. The van der Waals surface area contributed by atoms with Crippen LogP contribution in [0.2, 0.25) is 0 Å². The van der Waals surface area contributed by atoms with E-state index in [1.54, 1.807) is 6.92 Å². The lowest BCUT2D eigenvalue weighted by atomic mass is 10.1. The van der Waals surface area contributed by atoms with Crippen LogP contribution < -0.4 is 5.73 Å². The third-order valence-electron chi connectivity index (χ3n) is 4.32. The van der Waals surface area contributed by atoms with Crippen LogP contribution in [0.25, 0.3) is 11.0 Å². The lowest BCUT2D eigenvalue weighted by molar-refractivity contribution is 0.273. The number of nitrogens with two attached hydrogens (primary N) is 1. The van der Waals surface area contributed by atoms with Gasteiger partial charge in [-0.05, 0) is 50.4 Å². The van der Waals surface area contributed by atoms with Crippen molar-refractivity contribution in [1.29, 1.82) is 0 Å². The summed E-state index contributed by atoms with van der Waals surface area (Å²) in [5, 5.41) is 0. The maximum atomic E-state index is 13.6. The summed E-state index contributed by atoms with van der Waals surface area (Å²) < 4.78 is 15.6. The van der Waals surface area contributed by atoms with E-state index in [1.807, 2.05) is 10.6 Å². The number of aryl methyl sites for hydroxylation is 1. The Kier molecular flexibility index (Phi) is 3.85. The third kappa shape index (κ3) is 2.88. The predicted octanol–water partition coefficient (Wildman–Crippen LogP) is 2.80. The van der Waals surface area contributed by atoms with Crippen molar-refractivity contribution in [1.82, 2.24) is 14.5 Å².